The van der Waals surface area contributed by atoms with Crippen molar-refractivity contribution in [1.82, 2.24) is 4.90 Å². The molecule has 3 atom stereocenters. The highest BCUT2D eigenvalue weighted by atomic mass is 19.3. The standard InChI is InChI=1S/C16H22F2N2O2/c1-11-9-20(12(2)14(8-19)16(11,17)18)15(21)22-10-13-6-4-3-5-7-13/h3-7,11-12,14H,8-10,19H2,1-2H3. The number of alkyl halides is 2. The summed E-state index contributed by atoms with van der Waals surface area (Å²) in [5.74, 6) is -4.87. The third-order valence-corrected chi connectivity index (χ3v) is 4.39. The van der Waals surface area contributed by atoms with Crippen LogP contribution in [0.5, 0.6) is 0 Å². The summed E-state index contributed by atoms with van der Waals surface area (Å²) in [5, 5.41) is 0. The topological polar surface area (TPSA) is 55.6 Å². The Bertz CT molecular complexity index is 510. The molecule has 3 unspecified atom stereocenters. The molecule has 4 nitrogen and oxygen atoms in total. The maximum Gasteiger partial charge on any atom is 0.410 e. The lowest BCUT2D eigenvalue weighted by molar-refractivity contribution is -0.155. The third-order valence-electron chi connectivity index (χ3n) is 4.39. The van der Waals surface area contributed by atoms with Crippen LogP contribution in [0.15, 0.2) is 30.3 Å². The maximum atomic E-state index is 14.1. The summed E-state index contributed by atoms with van der Waals surface area (Å²) in [6.45, 7) is 2.97. The Morgan fingerprint density at radius 2 is 2.00 bits per heavy atom. The number of amides is 1. The quantitative estimate of drug-likeness (QED) is 0.933. The summed E-state index contributed by atoms with van der Waals surface area (Å²) in [7, 11) is 0. The second-order valence-corrected chi connectivity index (χ2v) is 5.85. The predicted octanol–water partition coefficient (Wildman–Crippen LogP) is 2.87. The minimum atomic E-state index is -2.87. The molecular weight excluding hydrogens is 290 g/mol. The van der Waals surface area contributed by atoms with Crippen LogP contribution in [0.1, 0.15) is 19.4 Å². The van der Waals surface area contributed by atoms with Gasteiger partial charge < -0.3 is 15.4 Å². The van der Waals surface area contributed by atoms with Crippen LogP contribution in [0.2, 0.25) is 0 Å². The summed E-state index contributed by atoms with van der Waals surface area (Å²) in [6, 6.07) is 8.59. The smallest absolute Gasteiger partial charge is 0.410 e. The van der Waals surface area contributed by atoms with Crippen molar-refractivity contribution in [1.29, 1.82) is 0 Å². The number of halogens is 2. The molecule has 1 aromatic rings. The van der Waals surface area contributed by atoms with Crippen molar-refractivity contribution < 1.29 is 18.3 Å². The molecule has 2 N–H and O–H groups in total. The van der Waals surface area contributed by atoms with E-state index in [4.69, 9.17) is 10.5 Å². The van der Waals surface area contributed by atoms with Gasteiger partial charge in [-0.05, 0) is 12.5 Å². The van der Waals surface area contributed by atoms with E-state index in [2.05, 4.69) is 0 Å². The monoisotopic (exact) mass is 312 g/mol. The van der Waals surface area contributed by atoms with Crippen molar-refractivity contribution in [3.63, 3.8) is 0 Å². The van der Waals surface area contributed by atoms with Gasteiger partial charge in [0, 0.05) is 25.0 Å². The fraction of sp³-hybridized carbons (Fsp3) is 0.562. The zero-order valence-corrected chi connectivity index (χ0v) is 12.8. The molecule has 1 aromatic carbocycles. The summed E-state index contributed by atoms with van der Waals surface area (Å²) < 4.78 is 33.5. The van der Waals surface area contributed by atoms with E-state index in [9.17, 15) is 13.6 Å². The van der Waals surface area contributed by atoms with Crippen LogP contribution in [0.25, 0.3) is 0 Å². The van der Waals surface area contributed by atoms with Crippen LogP contribution in [0, 0.1) is 11.8 Å². The van der Waals surface area contributed by atoms with Crippen LogP contribution < -0.4 is 5.73 Å². The lowest BCUT2D eigenvalue weighted by Gasteiger charge is -2.46. The van der Waals surface area contributed by atoms with Crippen molar-refractivity contribution in [3.05, 3.63) is 35.9 Å². The SMILES string of the molecule is CC1C(CN)C(F)(F)C(C)CN1C(=O)OCc1ccccc1. The van der Waals surface area contributed by atoms with E-state index >= 15 is 0 Å². The van der Waals surface area contributed by atoms with E-state index in [-0.39, 0.29) is 19.7 Å². The van der Waals surface area contributed by atoms with E-state index in [1.165, 1.54) is 11.8 Å². The number of hydrogen-bond acceptors (Lipinski definition) is 3. The first kappa shape index (κ1) is 16.7. The molecule has 22 heavy (non-hydrogen) atoms. The molecule has 6 heteroatoms. The molecule has 0 bridgehead atoms. The zero-order valence-electron chi connectivity index (χ0n) is 12.8. The van der Waals surface area contributed by atoms with Gasteiger partial charge in [0.2, 0.25) is 0 Å². The summed E-state index contributed by atoms with van der Waals surface area (Å²) in [5.41, 5.74) is 6.36. The fourth-order valence-corrected chi connectivity index (χ4v) is 2.88. The average Bonchev–Trinajstić information content (AvgIpc) is 2.50. The number of nitrogens with two attached hydrogens (primary N) is 1. The number of nitrogens with zero attached hydrogens (tertiary/aromatic N) is 1. The highest BCUT2D eigenvalue weighted by molar-refractivity contribution is 5.68. The Hall–Kier alpha value is -1.69. The molecular formula is C16H22F2N2O2. The Kier molecular flexibility index (Phi) is 5.01. The molecule has 1 amide bonds. The maximum absolute atomic E-state index is 14.1. The van der Waals surface area contributed by atoms with Gasteiger partial charge in [-0.25, -0.2) is 13.6 Å². The molecule has 0 saturated carbocycles. The van der Waals surface area contributed by atoms with Crippen LogP contribution >= 0.6 is 0 Å². The van der Waals surface area contributed by atoms with Gasteiger partial charge in [0.15, 0.2) is 0 Å². The summed E-state index contributed by atoms with van der Waals surface area (Å²) in [6.07, 6.45) is -0.572. The Morgan fingerprint density at radius 1 is 1.36 bits per heavy atom. The Morgan fingerprint density at radius 3 is 2.59 bits per heavy atom. The molecule has 1 aliphatic rings. The van der Waals surface area contributed by atoms with Gasteiger partial charge in [-0.2, -0.15) is 0 Å². The van der Waals surface area contributed by atoms with Gasteiger partial charge in [-0.3, -0.25) is 0 Å². The minimum absolute atomic E-state index is 0.0295. The first-order valence-electron chi connectivity index (χ1n) is 7.43. The first-order chi connectivity index (χ1) is 10.4. The number of carbonyl (C=O) groups is 1. The first-order valence-corrected chi connectivity index (χ1v) is 7.43. The largest absolute Gasteiger partial charge is 0.445 e. The van der Waals surface area contributed by atoms with E-state index < -0.39 is 29.9 Å². The van der Waals surface area contributed by atoms with Crippen LogP contribution in [-0.4, -0.2) is 36.0 Å². The molecule has 1 saturated heterocycles. The number of hydrogen-bond donors (Lipinski definition) is 1. The molecule has 122 valence electrons. The van der Waals surface area contributed by atoms with Gasteiger partial charge in [0.1, 0.15) is 6.61 Å². The molecule has 2 rings (SSSR count). The second kappa shape index (κ2) is 6.60. The second-order valence-electron chi connectivity index (χ2n) is 5.85. The van der Waals surface area contributed by atoms with Crippen LogP contribution in [0.4, 0.5) is 13.6 Å². The van der Waals surface area contributed by atoms with Gasteiger partial charge >= 0.3 is 6.09 Å². The fourth-order valence-electron chi connectivity index (χ4n) is 2.88. The van der Waals surface area contributed by atoms with Crippen molar-refractivity contribution in [2.45, 2.75) is 32.4 Å². The molecule has 0 aliphatic carbocycles. The molecule has 1 heterocycles. The van der Waals surface area contributed by atoms with Gasteiger partial charge in [-0.1, -0.05) is 37.3 Å². The third kappa shape index (κ3) is 3.21. The average molecular weight is 312 g/mol. The summed E-state index contributed by atoms with van der Waals surface area (Å²) in [4.78, 5) is 13.6. The van der Waals surface area contributed by atoms with Crippen LogP contribution in [-0.2, 0) is 11.3 Å². The van der Waals surface area contributed by atoms with E-state index in [1.54, 1.807) is 6.92 Å². The van der Waals surface area contributed by atoms with Gasteiger partial charge in [-0.15, -0.1) is 0 Å². The van der Waals surface area contributed by atoms with Crippen molar-refractivity contribution >= 4 is 6.09 Å². The highest BCUT2D eigenvalue weighted by Crippen LogP contribution is 2.40. The molecule has 1 aliphatic heterocycles. The minimum Gasteiger partial charge on any atom is -0.445 e. The number of rotatable bonds is 3. The van der Waals surface area contributed by atoms with Gasteiger partial charge in [0.05, 0.1) is 5.92 Å². The molecule has 1 fully saturated rings. The number of benzene rings is 1. The number of carbonyl (C=O) groups excluding carboxylic acids is 1. The van der Waals surface area contributed by atoms with Crippen molar-refractivity contribution in [3.8, 4) is 0 Å². The van der Waals surface area contributed by atoms with E-state index in [1.807, 2.05) is 30.3 Å². The molecule has 0 radical (unpaired) electrons. The van der Waals surface area contributed by atoms with Crippen molar-refractivity contribution in [2.75, 3.05) is 13.1 Å². The lowest BCUT2D eigenvalue weighted by Crippen LogP contribution is -2.61. The predicted molar refractivity (Wildman–Crippen MR) is 79.5 cm³/mol. The van der Waals surface area contributed by atoms with Crippen LogP contribution in [0.3, 0.4) is 0 Å². The molecule has 0 spiro atoms. The summed E-state index contributed by atoms with van der Waals surface area (Å²) >= 11 is 0. The van der Waals surface area contributed by atoms with Gasteiger partial charge in [0.25, 0.3) is 5.92 Å². The zero-order chi connectivity index (χ0) is 16.3. The number of likely N-dealkylation sites (tertiary alicyclic amines) is 1. The normalized spacial score (nSPS) is 27.5. The Labute approximate surface area is 129 Å². The Balaban J connectivity index is 2.03. The van der Waals surface area contributed by atoms with Crippen molar-refractivity contribution in [2.24, 2.45) is 17.6 Å². The number of piperidine rings is 1. The highest BCUT2D eigenvalue weighted by Gasteiger charge is 2.53. The van der Waals surface area contributed by atoms with E-state index in [0.29, 0.717) is 0 Å². The molecule has 0 aromatic heterocycles. The van der Waals surface area contributed by atoms with E-state index in [0.717, 1.165) is 5.56 Å². The number of ether oxygens (including phenoxy) is 1. The lowest BCUT2D eigenvalue weighted by atomic mass is 9.81.